The van der Waals surface area contributed by atoms with Crippen LogP contribution >= 0.6 is 15.9 Å². The Labute approximate surface area is 67.5 Å². The van der Waals surface area contributed by atoms with Gasteiger partial charge >= 0.3 is 0 Å². The summed E-state index contributed by atoms with van der Waals surface area (Å²) in [5.41, 5.74) is 0. The molecule has 1 rings (SSSR count). The Hall–Kier alpha value is 0.300. The third-order valence-electron chi connectivity index (χ3n) is 1.65. The summed E-state index contributed by atoms with van der Waals surface area (Å²) in [6, 6.07) is 0. The number of halogens is 3. The van der Waals surface area contributed by atoms with Crippen LogP contribution < -0.4 is 0 Å². The van der Waals surface area contributed by atoms with E-state index in [1.165, 1.54) is 0 Å². The van der Waals surface area contributed by atoms with Crippen molar-refractivity contribution in [2.75, 3.05) is 25.0 Å². The lowest BCUT2D eigenvalue weighted by atomic mass is 10.3. The smallest absolute Gasteiger partial charge is 0.261 e. The van der Waals surface area contributed by atoms with E-state index in [0.29, 0.717) is 6.54 Å². The number of hydrogen-bond acceptors (Lipinski definition) is 1. The molecule has 0 amide bonds. The van der Waals surface area contributed by atoms with Crippen LogP contribution in [0.15, 0.2) is 0 Å². The van der Waals surface area contributed by atoms with Gasteiger partial charge in [-0.2, -0.15) is 0 Å². The van der Waals surface area contributed by atoms with Gasteiger partial charge in [0, 0.05) is 24.8 Å². The lowest BCUT2D eigenvalue weighted by molar-refractivity contribution is 0.0128. The first-order valence-corrected chi connectivity index (χ1v) is 4.42. The summed E-state index contributed by atoms with van der Waals surface area (Å²) in [6.45, 7) is 1.22. The zero-order chi connectivity index (χ0) is 7.61. The number of rotatable bonds is 2. The van der Waals surface area contributed by atoms with E-state index in [9.17, 15) is 8.78 Å². The molecule has 0 aliphatic carbocycles. The van der Waals surface area contributed by atoms with Crippen molar-refractivity contribution in [2.24, 2.45) is 0 Å². The molecule has 0 aromatic heterocycles. The largest absolute Gasteiger partial charge is 0.296 e. The third-order valence-corrected chi connectivity index (χ3v) is 2.00. The second-order valence-corrected chi connectivity index (χ2v) is 3.36. The molecule has 1 nitrogen and oxygen atoms in total. The minimum Gasteiger partial charge on any atom is -0.296 e. The van der Waals surface area contributed by atoms with Gasteiger partial charge in [-0.1, -0.05) is 15.9 Å². The van der Waals surface area contributed by atoms with Gasteiger partial charge in [0.15, 0.2) is 0 Å². The summed E-state index contributed by atoms with van der Waals surface area (Å²) < 4.78 is 24.9. The Kier molecular flexibility index (Phi) is 2.63. The fourth-order valence-corrected chi connectivity index (χ4v) is 1.62. The van der Waals surface area contributed by atoms with Gasteiger partial charge in [0.1, 0.15) is 0 Å². The number of likely N-dealkylation sites (tertiary alicyclic amines) is 1. The van der Waals surface area contributed by atoms with Crippen LogP contribution in [-0.4, -0.2) is 35.8 Å². The molecule has 0 unspecified atom stereocenters. The number of nitrogens with zero attached hydrogens (tertiary/aromatic N) is 1. The molecule has 1 saturated heterocycles. The van der Waals surface area contributed by atoms with E-state index in [4.69, 9.17) is 0 Å². The normalized spacial score (nSPS) is 25.5. The van der Waals surface area contributed by atoms with Crippen molar-refractivity contribution in [3.05, 3.63) is 0 Å². The molecule has 0 radical (unpaired) electrons. The van der Waals surface area contributed by atoms with Gasteiger partial charge in [0.05, 0.1) is 6.54 Å². The van der Waals surface area contributed by atoms with Crippen molar-refractivity contribution in [1.29, 1.82) is 0 Å². The third kappa shape index (κ3) is 2.16. The Morgan fingerprint density at radius 1 is 1.50 bits per heavy atom. The molecule has 1 fully saturated rings. The Morgan fingerprint density at radius 3 is 2.60 bits per heavy atom. The van der Waals surface area contributed by atoms with Gasteiger partial charge in [-0.05, 0) is 0 Å². The highest BCUT2D eigenvalue weighted by Crippen LogP contribution is 2.26. The maximum atomic E-state index is 12.5. The first kappa shape index (κ1) is 8.40. The van der Waals surface area contributed by atoms with Crippen LogP contribution in [-0.2, 0) is 0 Å². The minimum atomic E-state index is -2.43. The molecular formula is C6H10BrF2N. The van der Waals surface area contributed by atoms with Crippen molar-refractivity contribution in [3.63, 3.8) is 0 Å². The van der Waals surface area contributed by atoms with E-state index in [2.05, 4.69) is 15.9 Å². The van der Waals surface area contributed by atoms with Crippen molar-refractivity contribution in [3.8, 4) is 0 Å². The summed E-state index contributed by atoms with van der Waals surface area (Å²) >= 11 is 3.21. The zero-order valence-corrected chi connectivity index (χ0v) is 7.20. The predicted octanol–water partition coefficient (Wildman–Crippen LogP) is 1.72. The summed E-state index contributed by atoms with van der Waals surface area (Å²) in [5, 5.41) is 0.781. The SMILES string of the molecule is FC1(F)CCN(CCBr)C1. The van der Waals surface area contributed by atoms with E-state index < -0.39 is 5.92 Å². The van der Waals surface area contributed by atoms with Crippen LogP contribution in [0.25, 0.3) is 0 Å². The first-order valence-electron chi connectivity index (χ1n) is 3.30. The van der Waals surface area contributed by atoms with Crippen molar-refractivity contribution >= 4 is 15.9 Å². The van der Waals surface area contributed by atoms with Crippen LogP contribution in [0.2, 0.25) is 0 Å². The lowest BCUT2D eigenvalue weighted by Gasteiger charge is -2.12. The van der Waals surface area contributed by atoms with Crippen LogP contribution in [0.5, 0.6) is 0 Å². The fraction of sp³-hybridized carbons (Fsp3) is 1.00. The Bertz CT molecular complexity index is 118. The Balaban J connectivity index is 2.29. The monoisotopic (exact) mass is 213 g/mol. The van der Waals surface area contributed by atoms with Crippen LogP contribution in [0.3, 0.4) is 0 Å². The highest BCUT2D eigenvalue weighted by atomic mass is 79.9. The molecule has 0 bridgehead atoms. The quantitative estimate of drug-likeness (QED) is 0.632. The number of hydrogen-bond donors (Lipinski definition) is 0. The van der Waals surface area contributed by atoms with Crippen molar-refractivity contribution < 1.29 is 8.78 Å². The highest BCUT2D eigenvalue weighted by Gasteiger charge is 2.37. The van der Waals surface area contributed by atoms with Gasteiger partial charge in [-0.3, -0.25) is 4.90 Å². The number of alkyl halides is 3. The molecule has 10 heavy (non-hydrogen) atoms. The van der Waals surface area contributed by atoms with E-state index in [1.807, 2.05) is 0 Å². The summed E-state index contributed by atoms with van der Waals surface area (Å²) in [7, 11) is 0. The molecule has 0 N–H and O–H groups in total. The van der Waals surface area contributed by atoms with Gasteiger partial charge < -0.3 is 0 Å². The maximum absolute atomic E-state index is 12.5. The van der Waals surface area contributed by atoms with Crippen molar-refractivity contribution in [1.82, 2.24) is 4.90 Å². The molecule has 1 aliphatic rings. The Morgan fingerprint density at radius 2 is 2.20 bits per heavy atom. The molecule has 0 saturated carbocycles. The summed E-state index contributed by atoms with van der Waals surface area (Å²) in [6.07, 6.45) is 0.0278. The standard InChI is InChI=1S/C6H10BrF2N/c7-2-4-10-3-1-6(8,9)5-10/h1-5H2. The minimum absolute atomic E-state index is 0.0278. The summed E-state index contributed by atoms with van der Waals surface area (Å²) in [5.74, 6) is -2.43. The van der Waals surface area contributed by atoms with Gasteiger partial charge in [-0.25, -0.2) is 8.78 Å². The fourth-order valence-electron chi connectivity index (χ4n) is 1.12. The maximum Gasteiger partial charge on any atom is 0.261 e. The molecule has 0 aromatic carbocycles. The molecule has 1 heterocycles. The van der Waals surface area contributed by atoms with Crippen molar-refractivity contribution in [2.45, 2.75) is 12.3 Å². The predicted molar refractivity (Wildman–Crippen MR) is 39.8 cm³/mol. The van der Waals surface area contributed by atoms with Crippen LogP contribution in [0.4, 0.5) is 8.78 Å². The van der Waals surface area contributed by atoms with E-state index in [0.717, 1.165) is 11.9 Å². The topological polar surface area (TPSA) is 3.24 Å². The van der Waals surface area contributed by atoms with E-state index in [-0.39, 0.29) is 13.0 Å². The molecule has 4 heteroatoms. The summed E-state index contributed by atoms with van der Waals surface area (Å²) in [4.78, 5) is 1.77. The molecule has 60 valence electrons. The molecule has 1 aliphatic heterocycles. The molecule has 0 atom stereocenters. The van der Waals surface area contributed by atoms with Gasteiger partial charge in [0.2, 0.25) is 0 Å². The van der Waals surface area contributed by atoms with Gasteiger partial charge in [0.25, 0.3) is 5.92 Å². The molecule has 0 aromatic rings. The second-order valence-electron chi connectivity index (χ2n) is 2.57. The average molecular weight is 214 g/mol. The molecular weight excluding hydrogens is 204 g/mol. The van der Waals surface area contributed by atoms with E-state index in [1.54, 1.807) is 4.90 Å². The van der Waals surface area contributed by atoms with Gasteiger partial charge in [-0.15, -0.1) is 0 Å². The van der Waals surface area contributed by atoms with E-state index >= 15 is 0 Å². The second kappa shape index (κ2) is 3.13. The zero-order valence-electron chi connectivity index (χ0n) is 5.62. The first-order chi connectivity index (χ1) is 4.64. The highest BCUT2D eigenvalue weighted by molar-refractivity contribution is 9.09. The molecule has 0 spiro atoms. The average Bonchev–Trinajstić information content (AvgIpc) is 2.12. The lowest BCUT2D eigenvalue weighted by Crippen LogP contribution is -2.26. The van der Waals surface area contributed by atoms with Crippen LogP contribution in [0.1, 0.15) is 6.42 Å². The van der Waals surface area contributed by atoms with Crippen LogP contribution in [0, 0.1) is 0 Å².